The summed E-state index contributed by atoms with van der Waals surface area (Å²) in [6.07, 6.45) is 1.49. The van der Waals surface area contributed by atoms with Gasteiger partial charge in [0.2, 0.25) is 0 Å². The molecule has 7 heteroatoms. The number of pyridine rings is 1. The molecule has 6 nitrogen and oxygen atoms in total. The van der Waals surface area contributed by atoms with E-state index in [2.05, 4.69) is 10.3 Å². The molecule has 0 fully saturated rings. The van der Waals surface area contributed by atoms with Gasteiger partial charge in [-0.2, -0.15) is 0 Å². The van der Waals surface area contributed by atoms with Crippen LogP contribution >= 0.6 is 0 Å². The van der Waals surface area contributed by atoms with E-state index in [-0.39, 0.29) is 51.8 Å². The van der Waals surface area contributed by atoms with Gasteiger partial charge in [-0.25, -0.2) is 0 Å². The number of amides is 1. The number of aliphatic hydroxyl groups is 1. The van der Waals surface area contributed by atoms with Gasteiger partial charge in [-0.1, -0.05) is 0 Å². The molecule has 0 bridgehead atoms. The number of nitrogens with two attached hydrogens (primary N) is 1. The van der Waals surface area contributed by atoms with Crippen LogP contribution in [-0.4, -0.2) is 35.7 Å². The molecule has 1 amide bonds. The maximum Gasteiger partial charge on any atom is 0.252 e. The Morgan fingerprint density at radius 1 is 1.56 bits per heavy atom. The van der Waals surface area contributed by atoms with Gasteiger partial charge < -0.3 is 21.9 Å². The average Bonchev–Trinajstić information content (AvgIpc) is 2.37. The Morgan fingerprint density at radius 2 is 2.17 bits per heavy atom. The summed E-state index contributed by atoms with van der Waals surface area (Å²) in [5.74, 6) is -0.201. The molecule has 1 radical (unpaired) electrons. The number of aliphatic hydroxyl groups excluding tert-OH is 1. The third-order valence-electron chi connectivity index (χ3n) is 1.71. The van der Waals surface area contributed by atoms with E-state index in [1.54, 1.807) is 19.1 Å². The van der Waals surface area contributed by atoms with Gasteiger partial charge in [-0.05, 0) is 25.6 Å². The van der Waals surface area contributed by atoms with Gasteiger partial charge in [0.25, 0.3) is 5.91 Å². The Kier molecular flexibility index (Phi) is 14.4. The first-order valence-corrected chi connectivity index (χ1v) is 5.38. The van der Waals surface area contributed by atoms with E-state index in [4.69, 9.17) is 16.6 Å². The predicted octanol–water partition coefficient (Wildman–Crippen LogP) is 0.318. The number of hydrogen-bond acceptors (Lipinski definition) is 4. The van der Waals surface area contributed by atoms with Crippen molar-refractivity contribution < 1.29 is 42.6 Å². The smallest absolute Gasteiger partial charge is 0.252 e. The van der Waals surface area contributed by atoms with Crippen molar-refractivity contribution in [2.45, 2.75) is 13.5 Å². The standard InChI is InChI=1S/C9H13N4O.C2H6O.Y/c10-3-4-12-9(14)7-1-2-8(5-11)13-6-7;1-2-3;/h1-2,6,10H,3-5,11H2,(H,12,14);3H,2H2,1H3;/q-1;;. The predicted molar refractivity (Wildman–Crippen MR) is 66.4 cm³/mol. The van der Waals surface area contributed by atoms with Crippen LogP contribution in [0, 0.1) is 0 Å². The fourth-order valence-corrected chi connectivity index (χ4v) is 0.958. The summed E-state index contributed by atoms with van der Waals surface area (Å²) in [6, 6.07) is 3.39. The summed E-state index contributed by atoms with van der Waals surface area (Å²) in [5.41, 5.74) is 13.5. The molecule has 0 atom stereocenters. The monoisotopic (exact) mass is 328 g/mol. The number of hydrogen-bond donors (Lipinski definition) is 3. The van der Waals surface area contributed by atoms with Gasteiger partial charge in [-0.3, -0.25) is 9.78 Å². The van der Waals surface area contributed by atoms with Crippen LogP contribution < -0.4 is 11.1 Å². The van der Waals surface area contributed by atoms with Gasteiger partial charge in [-0.15, -0.1) is 6.54 Å². The summed E-state index contributed by atoms with van der Waals surface area (Å²) < 4.78 is 0. The Morgan fingerprint density at radius 3 is 2.56 bits per heavy atom. The molecule has 0 aliphatic heterocycles. The minimum absolute atomic E-state index is 0. The second-order valence-corrected chi connectivity index (χ2v) is 3.06. The van der Waals surface area contributed by atoms with Gasteiger partial charge in [0.15, 0.2) is 0 Å². The van der Waals surface area contributed by atoms with E-state index in [1.165, 1.54) is 6.20 Å². The second kappa shape index (κ2) is 13.0. The van der Waals surface area contributed by atoms with Crippen molar-refractivity contribution in [3.8, 4) is 0 Å². The molecular formula is C11H19N4O2Y-. The molecule has 1 aromatic heterocycles. The molecule has 18 heavy (non-hydrogen) atoms. The Hall–Kier alpha value is -0.396. The topological polar surface area (TPSA) is 112 Å². The molecule has 1 rings (SSSR count). The number of nitrogens with zero attached hydrogens (tertiary/aromatic N) is 1. The summed E-state index contributed by atoms with van der Waals surface area (Å²) in [7, 11) is 0. The van der Waals surface area contributed by atoms with Crippen molar-refractivity contribution in [1.29, 1.82) is 0 Å². The van der Waals surface area contributed by atoms with Crippen LogP contribution in [0.5, 0.6) is 0 Å². The summed E-state index contributed by atoms with van der Waals surface area (Å²) >= 11 is 0. The number of carbonyl (C=O) groups excluding carboxylic acids is 1. The maximum absolute atomic E-state index is 11.3. The maximum atomic E-state index is 11.3. The zero-order valence-corrected chi connectivity index (χ0v) is 13.4. The molecule has 99 valence electrons. The van der Waals surface area contributed by atoms with Crippen LogP contribution in [0.25, 0.3) is 5.73 Å². The first-order chi connectivity index (χ1) is 8.19. The quantitative estimate of drug-likeness (QED) is 0.739. The Balaban J connectivity index is 0. The molecule has 5 N–H and O–H groups in total. The molecule has 0 aliphatic rings. The average molecular weight is 328 g/mol. The van der Waals surface area contributed by atoms with Crippen LogP contribution in [0.2, 0.25) is 0 Å². The van der Waals surface area contributed by atoms with Crippen molar-refractivity contribution in [2.24, 2.45) is 5.73 Å². The van der Waals surface area contributed by atoms with Gasteiger partial charge in [0, 0.05) is 52.1 Å². The Labute approximate surface area is 132 Å². The molecule has 0 spiro atoms. The molecule has 0 unspecified atom stereocenters. The number of carbonyl (C=O) groups is 1. The van der Waals surface area contributed by atoms with E-state index < -0.39 is 0 Å². The fraction of sp³-hybridized carbons (Fsp3) is 0.455. The summed E-state index contributed by atoms with van der Waals surface area (Å²) in [6.45, 7) is 2.84. The van der Waals surface area contributed by atoms with Gasteiger partial charge in [0.1, 0.15) is 0 Å². The van der Waals surface area contributed by atoms with E-state index >= 15 is 0 Å². The van der Waals surface area contributed by atoms with Gasteiger partial charge in [0.05, 0.1) is 11.3 Å². The first-order valence-electron chi connectivity index (χ1n) is 5.38. The van der Waals surface area contributed by atoms with Crippen LogP contribution in [0.3, 0.4) is 0 Å². The van der Waals surface area contributed by atoms with E-state index in [9.17, 15) is 4.79 Å². The molecule has 0 saturated heterocycles. The van der Waals surface area contributed by atoms with Crippen molar-refractivity contribution in [1.82, 2.24) is 10.3 Å². The number of aromatic nitrogens is 1. The van der Waals surface area contributed by atoms with Crippen LogP contribution in [0.4, 0.5) is 0 Å². The van der Waals surface area contributed by atoms with E-state index in [1.807, 2.05) is 0 Å². The van der Waals surface area contributed by atoms with Crippen LogP contribution in [-0.2, 0) is 39.3 Å². The Bertz CT molecular complexity index is 319. The molecule has 0 aliphatic carbocycles. The van der Waals surface area contributed by atoms with E-state index in [0.29, 0.717) is 18.7 Å². The minimum Gasteiger partial charge on any atom is -0.676 e. The summed E-state index contributed by atoms with van der Waals surface area (Å²) in [4.78, 5) is 15.3. The fourth-order valence-electron chi connectivity index (χ4n) is 0.958. The molecular weight excluding hydrogens is 309 g/mol. The van der Waals surface area contributed by atoms with E-state index in [0.717, 1.165) is 5.69 Å². The SMILES string of the molecule is CCO.[NH-]CCNC(=O)c1ccc(CN)nc1.[Y]. The third kappa shape index (κ3) is 8.66. The van der Waals surface area contributed by atoms with Crippen molar-refractivity contribution in [3.63, 3.8) is 0 Å². The van der Waals surface area contributed by atoms with Gasteiger partial charge >= 0.3 is 0 Å². The zero-order chi connectivity index (χ0) is 13.1. The van der Waals surface area contributed by atoms with Crippen molar-refractivity contribution >= 4 is 5.91 Å². The second-order valence-electron chi connectivity index (χ2n) is 3.06. The number of rotatable bonds is 4. The molecule has 1 heterocycles. The number of nitrogens with one attached hydrogen (secondary N) is 2. The minimum atomic E-state index is -0.201. The van der Waals surface area contributed by atoms with Crippen LogP contribution in [0.1, 0.15) is 23.0 Å². The summed E-state index contributed by atoms with van der Waals surface area (Å²) in [5, 5.41) is 10.2. The normalized spacial score (nSPS) is 8.67. The molecule has 0 saturated carbocycles. The molecule has 1 aromatic rings. The first kappa shape index (κ1) is 19.9. The zero-order valence-electron chi connectivity index (χ0n) is 10.5. The van der Waals surface area contributed by atoms with Crippen molar-refractivity contribution in [2.75, 3.05) is 19.7 Å². The van der Waals surface area contributed by atoms with Crippen LogP contribution in [0.15, 0.2) is 18.3 Å². The molecule has 0 aromatic carbocycles. The third-order valence-corrected chi connectivity index (χ3v) is 1.71. The van der Waals surface area contributed by atoms with Crippen molar-refractivity contribution in [3.05, 3.63) is 35.3 Å². The largest absolute Gasteiger partial charge is 0.676 e.